The zero-order valence-electron chi connectivity index (χ0n) is 13.5. The van der Waals surface area contributed by atoms with Crippen LogP contribution in [0.4, 0.5) is 5.69 Å². The fraction of sp³-hybridized carbons (Fsp3) is 0.316. The van der Waals surface area contributed by atoms with E-state index in [1.165, 1.54) is 6.42 Å². The summed E-state index contributed by atoms with van der Waals surface area (Å²) in [6, 6.07) is 13.8. The van der Waals surface area contributed by atoms with E-state index in [9.17, 15) is 0 Å². The minimum Gasteiger partial charge on any atom is -0.491 e. The number of hydrogen-bond donors (Lipinski definition) is 1. The number of benzene rings is 2. The summed E-state index contributed by atoms with van der Waals surface area (Å²) < 4.78 is 13.6. The average Bonchev–Trinajstić information content (AvgIpc) is 3.05. The minimum atomic E-state index is 0.210. The van der Waals surface area contributed by atoms with Crippen LogP contribution in [0, 0.1) is 0 Å². The molecule has 1 fully saturated rings. The van der Waals surface area contributed by atoms with Crippen molar-refractivity contribution in [3.05, 3.63) is 48.8 Å². The summed E-state index contributed by atoms with van der Waals surface area (Å²) in [5, 5.41) is 0. The molecule has 2 aromatic carbocycles. The second-order valence-electron chi connectivity index (χ2n) is 6.16. The number of aromatic nitrogens is 2. The summed E-state index contributed by atoms with van der Waals surface area (Å²) >= 11 is 0. The number of nitrogen functional groups attached to an aromatic ring is 1. The van der Waals surface area contributed by atoms with Crippen molar-refractivity contribution < 1.29 is 9.47 Å². The normalized spacial score (nSPS) is 17.9. The molecule has 5 nitrogen and oxygen atoms in total. The van der Waals surface area contributed by atoms with Crippen molar-refractivity contribution in [1.82, 2.24) is 9.55 Å². The molecule has 0 saturated carbocycles. The monoisotopic (exact) mass is 323 g/mol. The lowest BCUT2D eigenvalue weighted by molar-refractivity contribution is -0.0110. The number of ether oxygens (including phenoxy) is 2. The van der Waals surface area contributed by atoms with Crippen LogP contribution in [0.15, 0.2) is 48.8 Å². The lowest BCUT2D eigenvalue weighted by Crippen LogP contribution is -2.25. The van der Waals surface area contributed by atoms with E-state index in [4.69, 9.17) is 15.2 Å². The number of fused-ring (bicyclic) bond motifs is 1. The highest BCUT2D eigenvalue weighted by atomic mass is 16.5. The Morgan fingerprint density at radius 1 is 1.17 bits per heavy atom. The van der Waals surface area contributed by atoms with Gasteiger partial charge < -0.3 is 15.2 Å². The Balaban J connectivity index is 1.53. The van der Waals surface area contributed by atoms with Crippen molar-refractivity contribution in [2.75, 3.05) is 18.9 Å². The maximum Gasteiger partial charge on any atom is 0.121 e. The summed E-state index contributed by atoms with van der Waals surface area (Å²) in [5.41, 5.74) is 9.50. The van der Waals surface area contributed by atoms with Gasteiger partial charge >= 0.3 is 0 Å². The van der Waals surface area contributed by atoms with Gasteiger partial charge in [0.2, 0.25) is 0 Å². The number of anilines is 1. The van der Waals surface area contributed by atoms with Gasteiger partial charge in [-0.15, -0.1) is 0 Å². The van der Waals surface area contributed by atoms with Crippen molar-refractivity contribution in [3.63, 3.8) is 0 Å². The zero-order chi connectivity index (χ0) is 16.4. The Kier molecular flexibility index (Phi) is 4.09. The van der Waals surface area contributed by atoms with E-state index in [1.54, 1.807) is 0 Å². The van der Waals surface area contributed by atoms with Crippen molar-refractivity contribution in [1.29, 1.82) is 0 Å². The summed E-state index contributed by atoms with van der Waals surface area (Å²) in [6.07, 6.45) is 5.49. The molecular weight excluding hydrogens is 302 g/mol. The highest BCUT2D eigenvalue weighted by Gasteiger charge is 2.14. The fourth-order valence-corrected chi connectivity index (χ4v) is 3.05. The second kappa shape index (κ2) is 6.53. The van der Waals surface area contributed by atoms with Gasteiger partial charge in [0.1, 0.15) is 18.7 Å². The Labute approximate surface area is 141 Å². The molecule has 0 radical (unpaired) electrons. The quantitative estimate of drug-likeness (QED) is 0.746. The van der Waals surface area contributed by atoms with Crippen LogP contribution in [0.1, 0.15) is 19.3 Å². The Bertz CT molecular complexity index is 820. The largest absolute Gasteiger partial charge is 0.491 e. The summed E-state index contributed by atoms with van der Waals surface area (Å²) in [4.78, 5) is 4.49. The smallest absolute Gasteiger partial charge is 0.121 e. The molecule has 2 heterocycles. The number of imidazole rings is 1. The van der Waals surface area contributed by atoms with Crippen LogP contribution in [-0.4, -0.2) is 28.9 Å². The first kappa shape index (κ1) is 15.0. The number of nitrogens with zero attached hydrogens (tertiary/aromatic N) is 2. The van der Waals surface area contributed by atoms with Gasteiger partial charge in [-0.25, -0.2) is 4.98 Å². The van der Waals surface area contributed by atoms with E-state index in [1.807, 2.05) is 53.4 Å². The van der Waals surface area contributed by atoms with E-state index in [2.05, 4.69) is 4.98 Å². The van der Waals surface area contributed by atoms with Crippen molar-refractivity contribution >= 4 is 16.7 Å². The van der Waals surface area contributed by atoms with Crippen molar-refractivity contribution in [3.8, 4) is 11.4 Å². The number of rotatable bonds is 4. The molecule has 1 saturated heterocycles. The molecule has 1 aromatic heterocycles. The molecule has 5 heteroatoms. The molecule has 1 atom stereocenters. The van der Waals surface area contributed by atoms with Crippen molar-refractivity contribution in [2.24, 2.45) is 0 Å². The van der Waals surface area contributed by atoms with E-state index >= 15 is 0 Å². The highest BCUT2D eigenvalue weighted by Crippen LogP contribution is 2.24. The molecule has 124 valence electrons. The van der Waals surface area contributed by atoms with Crippen LogP contribution < -0.4 is 10.5 Å². The lowest BCUT2D eigenvalue weighted by atomic mass is 10.1. The number of nitrogens with two attached hydrogens (primary N) is 1. The van der Waals surface area contributed by atoms with Gasteiger partial charge in [0.05, 0.1) is 17.1 Å². The molecule has 0 amide bonds. The Hall–Kier alpha value is -2.53. The van der Waals surface area contributed by atoms with Gasteiger partial charge in [-0.1, -0.05) is 0 Å². The molecule has 1 aliphatic rings. The highest BCUT2D eigenvalue weighted by molar-refractivity contribution is 5.79. The van der Waals surface area contributed by atoms with E-state index < -0.39 is 0 Å². The van der Waals surface area contributed by atoms with Crippen LogP contribution in [0.3, 0.4) is 0 Å². The van der Waals surface area contributed by atoms with Crippen LogP contribution in [-0.2, 0) is 4.74 Å². The second-order valence-corrected chi connectivity index (χ2v) is 6.16. The first-order valence-corrected chi connectivity index (χ1v) is 8.37. The topological polar surface area (TPSA) is 62.3 Å². The van der Waals surface area contributed by atoms with Gasteiger partial charge in [-0.2, -0.15) is 0 Å². The van der Waals surface area contributed by atoms with Gasteiger partial charge in [-0.05, 0) is 55.7 Å². The van der Waals surface area contributed by atoms with E-state index in [0.717, 1.165) is 47.6 Å². The molecule has 24 heavy (non-hydrogen) atoms. The first-order valence-electron chi connectivity index (χ1n) is 8.37. The average molecular weight is 323 g/mol. The predicted octanol–water partition coefficient (Wildman–Crippen LogP) is 3.56. The first-order chi connectivity index (χ1) is 11.8. The standard InChI is InChI=1S/C19H21N3O2/c20-14-4-6-15(7-5-14)22-13-21-18-11-16(8-9-19(18)22)24-12-17-3-1-2-10-23-17/h4-9,11,13,17H,1-3,10,12,20H2. The minimum absolute atomic E-state index is 0.210. The predicted molar refractivity (Wildman–Crippen MR) is 94.6 cm³/mol. The molecule has 0 bridgehead atoms. The van der Waals surface area contributed by atoms with Gasteiger partial charge in [0.25, 0.3) is 0 Å². The molecule has 1 unspecified atom stereocenters. The van der Waals surface area contributed by atoms with Crippen molar-refractivity contribution in [2.45, 2.75) is 25.4 Å². The SMILES string of the molecule is Nc1ccc(-n2cnc3cc(OCC4CCCCO4)ccc32)cc1. The third-order valence-electron chi connectivity index (χ3n) is 4.40. The van der Waals surface area contributed by atoms with Crippen LogP contribution in [0.5, 0.6) is 5.75 Å². The molecule has 2 N–H and O–H groups in total. The maximum atomic E-state index is 5.89. The zero-order valence-corrected chi connectivity index (χ0v) is 13.5. The molecule has 1 aliphatic heterocycles. The lowest BCUT2D eigenvalue weighted by Gasteiger charge is -2.22. The summed E-state index contributed by atoms with van der Waals surface area (Å²) in [7, 11) is 0. The van der Waals surface area contributed by atoms with Gasteiger partial charge in [0, 0.05) is 24.0 Å². The third-order valence-corrected chi connectivity index (χ3v) is 4.40. The van der Waals surface area contributed by atoms with E-state index in [0.29, 0.717) is 6.61 Å². The van der Waals surface area contributed by atoms with Crippen LogP contribution in [0.2, 0.25) is 0 Å². The number of hydrogen-bond acceptors (Lipinski definition) is 4. The molecule has 0 spiro atoms. The summed E-state index contributed by atoms with van der Waals surface area (Å²) in [5.74, 6) is 0.833. The molecule has 0 aliphatic carbocycles. The maximum absolute atomic E-state index is 5.89. The van der Waals surface area contributed by atoms with E-state index in [-0.39, 0.29) is 6.10 Å². The Morgan fingerprint density at radius 2 is 2.04 bits per heavy atom. The van der Waals surface area contributed by atoms with Crippen LogP contribution in [0.25, 0.3) is 16.7 Å². The summed E-state index contributed by atoms with van der Waals surface area (Å²) in [6.45, 7) is 1.45. The van der Waals surface area contributed by atoms with Crippen LogP contribution >= 0.6 is 0 Å². The molecular formula is C19H21N3O2. The fourth-order valence-electron chi connectivity index (χ4n) is 3.05. The molecule has 3 aromatic rings. The molecule has 4 rings (SSSR count). The third kappa shape index (κ3) is 3.08. The van der Waals surface area contributed by atoms with Gasteiger partial charge in [0.15, 0.2) is 0 Å². The Morgan fingerprint density at radius 3 is 2.83 bits per heavy atom. The van der Waals surface area contributed by atoms with Gasteiger partial charge in [-0.3, -0.25) is 4.57 Å².